The van der Waals surface area contributed by atoms with Gasteiger partial charge in [-0.15, -0.1) is 11.3 Å². The van der Waals surface area contributed by atoms with E-state index >= 15 is 0 Å². The predicted molar refractivity (Wildman–Crippen MR) is 86.6 cm³/mol. The molecule has 1 amide bonds. The lowest BCUT2D eigenvalue weighted by Gasteiger charge is -2.32. The van der Waals surface area contributed by atoms with Crippen molar-refractivity contribution in [2.45, 2.75) is 19.4 Å². The molecule has 4 nitrogen and oxygen atoms in total. The number of thiophene rings is 1. The van der Waals surface area contributed by atoms with Crippen LogP contribution in [-0.4, -0.2) is 31.1 Å². The van der Waals surface area contributed by atoms with Gasteiger partial charge in [-0.05, 0) is 42.5 Å². The Morgan fingerprint density at radius 3 is 2.91 bits per heavy atom. The first-order valence-corrected chi connectivity index (χ1v) is 8.32. The third-order valence-electron chi connectivity index (χ3n) is 3.80. The summed E-state index contributed by atoms with van der Waals surface area (Å²) in [4.78, 5) is 14.5. The molecule has 22 heavy (non-hydrogen) atoms. The normalized spacial score (nSPS) is 17.0. The summed E-state index contributed by atoms with van der Waals surface area (Å²) in [7, 11) is 0. The van der Waals surface area contributed by atoms with E-state index in [0.717, 1.165) is 30.9 Å². The quantitative estimate of drug-likeness (QED) is 0.768. The fourth-order valence-corrected chi connectivity index (χ4v) is 3.65. The van der Waals surface area contributed by atoms with Gasteiger partial charge in [0.05, 0.1) is 12.6 Å². The lowest BCUT2D eigenvalue weighted by Crippen LogP contribution is -2.36. The number of nitrogens with zero attached hydrogens (tertiary/aromatic N) is 1. The number of benzene rings is 1. The zero-order chi connectivity index (χ0) is 15.4. The molecule has 5 heteroatoms. The first kappa shape index (κ1) is 14.9. The summed E-state index contributed by atoms with van der Waals surface area (Å²) in [6, 6.07) is 9.70. The third kappa shape index (κ3) is 3.09. The van der Waals surface area contributed by atoms with Crippen molar-refractivity contribution in [3.63, 3.8) is 0 Å². The number of hydrogen-bond acceptors (Lipinski definition) is 4. The van der Waals surface area contributed by atoms with E-state index in [9.17, 15) is 4.79 Å². The molecule has 1 aromatic heterocycles. The number of carbonyl (C=O) groups excluding carboxylic acids is 1. The van der Waals surface area contributed by atoms with Crippen LogP contribution in [0.1, 0.15) is 23.4 Å². The molecule has 3 rings (SSSR count). The van der Waals surface area contributed by atoms with Gasteiger partial charge in [-0.3, -0.25) is 4.79 Å². The Labute approximate surface area is 134 Å². The van der Waals surface area contributed by atoms with Gasteiger partial charge in [0.2, 0.25) is 6.41 Å². The Morgan fingerprint density at radius 1 is 1.32 bits per heavy atom. The van der Waals surface area contributed by atoms with E-state index in [2.05, 4.69) is 11.4 Å². The van der Waals surface area contributed by atoms with Crippen molar-refractivity contribution < 1.29 is 14.3 Å². The van der Waals surface area contributed by atoms with Gasteiger partial charge in [-0.1, -0.05) is 6.07 Å². The summed E-state index contributed by atoms with van der Waals surface area (Å²) in [6.07, 6.45) is 1.85. The van der Waals surface area contributed by atoms with Gasteiger partial charge >= 0.3 is 0 Å². The molecule has 1 aromatic carbocycles. The Morgan fingerprint density at radius 2 is 2.14 bits per heavy atom. The Balaban J connectivity index is 1.72. The van der Waals surface area contributed by atoms with Gasteiger partial charge in [0.15, 0.2) is 0 Å². The van der Waals surface area contributed by atoms with E-state index in [-0.39, 0.29) is 6.04 Å². The van der Waals surface area contributed by atoms with Gasteiger partial charge in [-0.2, -0.15) is 0 Å². The second kappa shape index (κ2) is 6.83. The summed E-state index contributed by atoms with van der Waals surface area (Å²) in [5, 5.41) is 2.09. The van der Waals surface area contributed by atoms with Crippen LogP contribution in [0.25, 0.3) is 0 Å². The first-order chi connectivity index (χ1) is 10.8. The summed E-state index contributed by atoms with van der Waals surface area (Å²) < 4.78 is 11.4. The van der Waals surface area contributed by atoms with Crippen molar-refractivity contribution in [3.05, 3.63) is 46.2 Å². The maximum absolute atomic E-state index is 11.3. The van der Waals surface area contributed by atoms with Crippen molar-refractivity contribution in [1.29, 1.82) is 0 Å². The molecule has 2 heterocycles. The Kier molecular flexibility index (Phi) is 4.63. The van der Waals surface area contributed by atoms with Gasteiger partial charge < -0.3 is 14.4 Å². The number of amides is 1. The van der Waals surface area contributed by atoms with Gasteiger partial charge in [-0.25, -0.2) is 0 Å². The van der Waals surface area contributed by atoms with Crippen LogP contribution in [0.15, 0.2) is 35.7 Å². The largest absolute Gasteiger partial charge is 0.494 e. The third-order valence-corrected chi connectivity index (χ3v) is 4.79. The molecule has 0 bridgehead atoms. The van der Waals surface area contributed by atoms with Crippen molar-refractivity contribution in [2.75, 3.05) is 19.8 Å². The molecule has 1 aliphatic heterocycles. The maximum Gasteiger partial charge on any atom is 0.210 e. The van der Waals surface area contributed by atoms with E-state index in [1.54, 1.807) is 11.3 Å². The molecule has 0 saturated carbocycles. The maximum atomic E-state index is 11.3. The number of hydrogen-bond donors (Lipinski definition) is 0. The van der Waals surface area contributed by atoms with Crippen LogP contribution in [0.5, 0.6) is 11.5 Å². The summed E-state index contributed by atoms with van der Waals surface area (Å²) in [5.41, 5.74) is 1.21. The molecule has 0 spiro atoms. The number of ether oxygens (including phenoxy) is 2. The van der Waals surface area contributed by atoms with E-state index in [1.165, 1.54) is 10.4 Å². The van der Waals surface area contributed by atoms with Crippen LogP contribution < -0.4 is 9.47 Å². The average Bonchev–Trinajstić information content (AvgIpc) is 3.02. The molecule has 0 aliphatic carbocycles. The minimum atomic E-state index is -0.0109. The van der Waals surface area contributed by atoms with Crippen LogP contribution in [-0.2, 0) is 11.2 Å². The van der Waals surface area contributed by atoms with Gasteiger partial charge in [0.1, 0.15) is 18.1 Å². The van der Waals surface area contributed by atoms with Crippen molar-refractivity contribution >= 4 is 17.7 Å². The van der Waals surface area contributed by atoms with Crippen LogP contribution >= 0.6 is 11.3 Å². The smallest absolute Gasteiger partial charge is 0.210 e. The molecule has 0 N–H and O–H groups in total. The zero-order valence-electron chi connectivity index (χ0n) is 12.5. The highest BCUT2D eigenvalue weighted by Crippen LogP contribution is 2.33. The molecule has 1 atom stereocenters. The van der Waals surface area contributed by atoms with Crippen LogP contribution in [0.4, 0.5) is 0 Å². The van der Waals surface area contributed by atoms with E-state index in [0.29, 0.717) is 13.2 Å². The second-order valence-corrected chi connectivity index (χ2v) is 6.13. The molecular formula is C17H19NO3S. The molecule has 1 aliphatic rings. The molecule has 2 aromatic rings. The fourth-order valence-electron chi connectivity index (χ4n) is 2.72. The van der Waals surface area contributed by atoms with E-state index < -0.39 is 0 Å². The van der Waals surface area contributed by atoms with E-state index in [1.807, 2.05) is 36.1 Å². The average molecular weight is 317 g/mol. The lowest BCUT2D eigenvalue weighted by atomic mass is 10.0. The number of fused-ring (bicyclic) bond motifs is 1. The highest BCUT2D eigenvalue weighted by Gasteiger charge is 2.27. The van der Waals surface area contributed by atoms with Crippen molar-refractivity contribution in [2.24, 2.45) is 0 Å². The fraction of sp³-hybridized carbons (Fsp3) is 0.353. The highest BCUT2D eigenvalue weighted by atomic mass is 32.1. The van der Waals surface area contributed by atoms with Crippen LogP contribution in [0.2, 0.25) is 0 Å². The molecular weight excluding hydrogens is 298 g/mol. The molecule has 0 fully saturated rings. The SMILES string of the molecule is CCOc1cccc(OCC2c3ccsc3CCN2C=O)c1. The lowest BCUT2D eigenvalue weighted by molar-refractivity contribution is -0.121. The van der Waals surface area contributed by atoms with Gasteiger partial charge in [0, 0.05) is 17.5 Å². The summed E-state index contributed by atoms with van der Waals surface area (Å²) in [5.74, 6) is 1.56. The second-order valence-electron chi connectivity index (χ2n) is 5.13. The molecule has 1 unspecified atom stereocenters. The molecule has 116 valence electrons. The van der Waals surface area contributed by atoms with Crippen LogP contribution in [0.3, 0.4) is 0 Å². The van der Waals surface area contributed by atoms with E-state index in [4.69, 9.17) is 9.47 Å². The minimum Gasteiger partial charge on any atom is -0.494 e. The van der Waals surface area contributed by atoms with Crippen molar-refractivity contribution in [1.82, 2.24) is 4.90 Å². The topological polar surface area (TPSA) is 38.8 Å². The zero-order valence-corrected chi connectivity index (χ0v) is 13.3. The Bertz CT molecular complexity index is 640. The number of rotatable bonds is 6. The molecule has 0 saturated heterocycles. The summed E-state index contributed by atoms with van der Waals surface area (Å²) in [6.45, 7) is 3.79. The summed E-state index contributed by atoms with van der Waals surface area (Å²) >= 11 is 1.75. The highest BCUT2D eigenvalue weighted by molar-refractivity contribution is 7.10. The van der Waals surface area contributed by atoms with Crippen molar-refractivity contribution in [3.8, 4) is 11.5 Å². The predicted octanol–water partition coefficient (Wildman–Crippen LogP) is 3.28. The number of carbonyl (C=O) groups is 1. The standard InChI is InChI=1S/C17H19NO3S/c1-2-20-13-4-3-5-14(10-13)21-11-16-15-7-9-22-17(15)6-8-18(16)12-19/h3-5,7,9-10,12,16H,2,6,8,11H2,1H3. The first-order valence-electron chi connectivity index (χ1n) is 7.44. The minimum absolute atomic E-state index is 0.0109. The molecule has 0 radical (unpaired) electrons. The van der Waals surface area contributed by atoms with Gasteiger partial charge in [0.25, 0.3) is 0 Å². The Hall–Kier alpha value is -2.01. The monoisotopic (exact) mass is 317 g/mol. The van der Waals surface area contributed by atoms with Crippen LogP contribution in [0, 0.1) is 0 Å².